The van der Waals surface area contributed by atoms with Gasteiger partial charge in [-0.2, -0.15) is 0 Å². The van der Waals surface area contributed by atoms with E-state index in [4.69, 9.17) is 10.3 Å². The maximum atomic E-state index is 11.6. The molecule has 0 fully saturated rings. The van der Waals surface area contributed by atoms with Gasteiger partial charge < -0.3 is 15.7 Å². The molecule has 2 aromatic rings. The molecule has 0 saturated heterocycles. The normalized spacial score (nSPS) is 11.9. The Labute approximate surface area is 151 Å². The maximum absolute atomic E-state index is 11.6. The summed E-state index contributed by atoms with van der Waals surface area (Å²) in [5.74, 6) is -0.707. The van der Waals surface area contributed by atoms with Crippen LogP contribution in [-0.2, 0) is 11.3 Å². The summed E-state index contributed by atoms with van der Waals surface area (Å²) < 4.78 is 0. The van der Waals surface area contributed by atoms with E-state index in [0.29, 0.717) is 6.54 Å². The van der Waals surface area contributed by atoms with E-state index in [9.17, 15) is 9.59 Å². The molecule has 2 rings (SSSR count). The van der Waals surface area contributed by atoms with Gasteiger partial charge in [0.25, 0.3) is 5.91 Å². The number of hydrogen-bond donors (Lipinski definition) is 5. The summed E-state index contributed by atoms with van der Waals surface area (Å²) in [7, 11) is 0. The van der Waals surface area contributed by atoms with E-state index >= 15 is 0 Å². The predicted octanol–water partition coefficient (Wildman–Crippen LogP) is 2.09. The molecule has 136 valence electrons. The van der Waals surface area contributed by atoms with Gasteiger partial charge in [0.05, 0.1) is 0 Å². The average molecular weight is 355 g/mol. The first-order chi connectivity index (χ1) is 12.6. The van der Waals surface area contributed by atoms with Crippen molar-refractivity contribution in [2.75, 3.05) is 6.54 Å². The Morgan fingerprint density at radius 2 is 1.58 bits per heavy atom. The van der Waals surface area contributed by atoms with Crippen LogP contribution in [0.3, 0.4) is 0 Å². The molecule has 0 unspecified atom stereocenters. The van der Waals surface area contributed by atoms with Crippen LogP contribution in [0.2, 0.25) is 0 Å². The number of nitrogens with one attached hydrogen (secondary N) is 3. The summed E-state index contributed by atoms with van der Waals surface area (Å²) in [6.07, 6.45) is 2.79. The molecule has 0 aliphatic heterocycles. The lowest BCUT2D eigenvalue weighted by Gasteiger charge is -2.16. The molecule has 0 aliphatic carbocycles. The van der Waals surface area contributed by atoms with Crippen molar-refractivity contribution in [1.29, 1.82) is 0 Å². The van der Waals surface area contributed by atoms with Crippen LogP contribution in [0.5, 0.6) is 0 Å². The van der Waals surface area contributed by atoms with Crippen molar-refractivity contribution in [3.05, 3.63) is 71.3 Å². The van der Waals surface area contributed by atoms with Crippen LogP contribution in [0.4, 0.5) is 4.79 Å². The summed E-state index contributed by atoms with van der Waals surface area (Å²) in [5, 5.41) is 22.4. The lowest BCUT2D eigenvalue weighted by Crippen LogP contribution is -2.49. The van der Waals surface area contributed by atoms with Crippen molar-refractivity contribution in [3.63, 3.8) is 0 Å². The second-order valence-electron chi connectivity index (χ2n) is 5.58. The minimum absolute atomic E-state index is 0.153. The van der Waals surface area contributed by atoms with Gasteiger partial charge in [-0.3, -0.25) is 10.0 Å². The van der Waals surface area contributed by atoms with Gasteiger partial charge in [-0.25, -0.2) is 10.3 Å². The molecule has 0 heterocycles. The third kappa shape index (κ3) is 6.39. The van der Waals surface area contributed by atoms with E-state index in [0.717, 1.165) is 16.7 Å². The lowest BCUT2D eigenvalue weighted by molar-refractivity contribution is -0.131. The largest absolute Gasteiger partial charge is 0.465 e. The first-order valence-corrected chi connectivity index (χ1v) is 8.04. The van der Waals surface area contributed by atoms with Gasteiger partial charge in [0.15, 0.2) is 0 Å². The van der Waals surface area contributed by atoms with Gasteiger partial charge in [-0.05, 0) is 16.7 Å². The van der Waals surface area contributed by atoms with Crippen molar-refractivity contribution in [2.45, 2.75) is 12.6 Å². The van der Waals surface area contributed by atoms with Crippen LogP contribution in [-0.4, -0.2) is 34.9 Å². The smallest absolute Gasteiger partial charge is 0.404 e. The van der Waals surface area contributed by atoms with E-state index in [1.54, 1.807) is 0 Å². The van der Waals surface area contributed by atoms with Crippen molar-refractivity contribution in [1.82, 2.24) is 16.1 Å². The molecule has 7 nitrogen and oxygen atoms in total. The molecule has 7 heteroatoms. The fourth-order valence-electron chi connectivity index (χ4n) is 2.27. The minimum atomic E-state index is -1.24. The fourth-order valence-corrected chi connectivity index (χ4v) is 2.27. The van der Waals surface area contributed by atoms with Crippen molar-refractivity contribution >= 4 is 24.2 Å². The molecule has 0 aromatic heterocycles. The molecular formula is C19H21N3O4. The van der Waals surface area contributed by atoms with Gasteiger partial charge in [-0.1, -0.05) is 66.7 Å². The Hall–Kier alpha value is -3.16. The molecule has 0 aliphatic rings. The van der Waals surface area contributed by atoms with Crippen LogP contribution in [0.25, 0.3) is 12.2 Å². The topological polar surface area (TPSA) is 111 Å². The zero-order chi connectivity index (χ0) is 18.8. The highest BCUT2D eigenvalue weighted by Gasteiger charge is 2.17. The number of benzene rings is 2. The van der Waals surface area contributed by atoms with Crippen molar-refractivity contribution < 1.29 is 19.9 Å². The van der Waals surface area contributed by atoms with Gasteiger partial charge >= 0.3 is 6.09 Å². The fraction of sp³-hybridized carbons (Fsp3) is 0.158. The average Bonchev–Trinajstić information content (AvgIpc) is 2.67. The first-order valence-electron chi connectivity index (χ1n) is 8.04. The number of carbonyl (C=O) groups is 2. The Kier molecular flexibility index (Phi) is 7.35. The number of carbonyl (C=O) groups excluding carboxylic acids is 1. The number of hydroxylamine groups is 1. The zero-order valence-corrected chi connectivity index (χ0v) is 14.1. The molecule has 2 aromatic carbocycles. The van der Waals surface area contributed by atoms with Gasteiger partial charge in [0.1, 0.15) is 6.04 Å². The number of hydrogen-bond acceptors (Lipinski definition) is 4. The Morgan fingerprint density at radius 1 is 0.962 bits per heavy atom. The lowest BCUT2D eigenvalue weighted by atomic mass is 10.1. The summed E-state index contributed by atoms with van der Waals surface area (Å²) in [6, 6.07) is 16.8. The number of amides is 2. The van der Waals surface area contributed by atoms with Crippen molar-refractivity contribution in [3.8, 4) is 0 Å². The standard InChI is InChI=1S/C19H21N3O4/c23-18(22-26)17(13-21-19(24)25)20-12-16-10-8-15(9-11-16)7-6-14-4-2-1-3-5-14/h1-11,17,20-21,26H,12-13H2,(H,22,23)(H,24,25)/b7-6+/t17-/m0/s1. The van der Waals surface area contributed by atoms with Crippen LogP contribution in [0.1, 0.15) is 16.7 Å². The van der Waals surface area contributed by atoms with E-state index in [1.807, 2.05) is 66.7 Å². The van der Waals surface area contributed by atoms with Gasteiger partial charge in [0.2, 0.25) is 0 Å². The quantitative estimate of drug-likeness (QED) is 0.283. The third-order valence-corrected chi connectivity index (χ3v) is 3.68. The monoisotopic (exact) mass is 355 g/mol. The molecule has 0 spiro atoms. The number of rotatable bonds is 8. The van der Waals surface area contributed by atoms with Gasteiger partial charge in [-0.15, -0.1) is 0 Å². The summed E-state index contributed by atoms with van der Waals surface area (Å²) >= 11 is 0. The highest BCUT2D eigenvalue weighted by molar-refractivity contribution is 5.81. The summed E-state index contributed by atoms with van der Waals surface area (Å²) in [6.45, 7) is 0.196. The van der Waals surface area contributed by atoms with E-state index < -0.39 is 18.0 Å². The van der Waals surface area contributed by atoms with Gasteiger partial charge in [0, 0.05) is 13.1 Å². The maximum Gasteiger partial charge on any atom is 0.404 e. The van der Waals surface area contributed by atoms with Crippen LogP contribution in [0.15, 0.2) is 54.6 Å². The third-order valence-electron chi connectivity index (χ3n) is 3.68. The van der Waals surface area contributed by atoms with Crippen LogP contribution in [0, 0.1) is 0 Å². The number of carboxylic acid groups (broad SMARTS) is 1. The Balaban J connectivity index is 1.91. The molecule has 5 N–H and O–H groups in total. The highest BCUT2D eigenvalue weighted by Crippen LogP contribution is 2.10. The van der Waals surface area contributed by atoms with E-state index in [1.165, 1.54) is 5.48 Å². The summed E-state index contributed by atoms with van der Waals surface area (Å²) in [4.78, 5) is 22.1. The Morgan fingerprint density at radius 3 is 2.15 bits per heavy atom. The first kappa shape index (κ1) is 19.2. The molecule has 0 bridgehead atoms. The predicted molar refractivity (Wildman–Crippen MR) is 98.4 cm³/mol. The molecule has 2 amide bonds. The van der Waals surface area contributed by atoms with Crippen LogP contribution < -0.4 is 16.1 Å². The Bertz CT molecular complexity index is 745. The SMILES string of the molecule is O=C(O)NC[C@H](NCc1ccc(/C=C/c2ccccc2)cc1)C(=O)NO. The van der Waals surface area contributed by atoms with Crippen molar-refractivity contribution in [2.24, 2.45) is 0 Å². The molecule has 0 radical (unpaired) electrons. The summed E-state index contributed by atoms with van der Waals surface area (Å²) in [5.41, 5.74) is 4.60. The van der Waals surface area contributed by atoms with E-state index in [2.05, 4.69) is 10.6 Å². The van der Waals surface area contributed by atoms with Crippen LogP contribution >= 0.6 is 0 Å². The van der Waals surface area contributed by atoms with E-state index in [-0.39, 0.29) is 6.54 Å². The second kappa shape index (κ2) is 9.97. The molecule has 26 heavy (non-hydrogen) atoms. The molecule has 0 saturated carbocycles. The molecule has 1 atom stereocenters. The molecular weight excluding hydrogens is 334 g/mol. The zero-order valence-electron chi connectivity index (χ0n) is 14.1. The minimum Gasteiger partial charge on any atom is -0.465 e. The second-order valence-corrected chi connectivity index (χ2v) is 5.58. The highest BCUT2D eigenvalue weighted by atomic mass is 16.5.